The molecule has 0 amide bonds. The van der Waals surface area contributed by atoms with Gasteiger partial charge in [0, 0.05) is 32.2 Å². The largest absolute Gasteiger partial charge is 0.295 e. The molecule has 0 N–H and O–H groups in total. The van der Waals surface area contributed by atoms with Gasteiger partial charge in [-0.2, -0.15) is 0 Å². The number of rotatable bonds is 3. The van der Waals surface area contributed by atoms with Crippen molar-refractivity contribution in [3.05, 3.63) is 52.8 Å². The molecule has 1 aromatic heterocycles. The molecule has 1 heterocycles. The van der Waals surface area contributed by atoms with Crippen LogP contribution in [0.5, 0.6) is 0 Å². The van der Waals surface area contributed by atoms with Crippen LogP contribution < -0.4 is 0 Å². The highest BCUT2D eigenvalue weighted by atomic mass is 79.9. The van der Waals surface area contributed by atoms with Gasteiger partial charge in [0.1, 0.15) is 0 Å². The Morgan fingerprint density at radius 1 is 1.24 bits per heavy atom. The van der Waals surface area contributed by atoms with Gasteiger partial charge in [-0.15, -0.1) is 0 Å². The molecule has 0 aliphatic rings. The molecule has 0 unspecified atom stereocenters. The lowest BCUT2D eigenvalue weighted by Gasteiger charge is -2.05. The fourth-order valence-corrected chi connectivity index (χ4v) is 2.76. The lowest BCUT2D eigenvalue weighted by molar-refractivity contribution is 0.101. The van der Waals surface area contributed by atoms with Crippen molar-refractivity contribution in [2.75, 3.05) is 0 Å². The van der Waals surface area contributed by atoms with E-state index in [-0.39, 0.29) is 5.78 Å². The molecule has 0 aliphatic carbocycles. The van der Waals surface area contributed by atoms with Crippen molar-refractivity contribution in [3.8, 4) is 0 Å². The van der Waals surface area contributed by atoms with Gasteiger partial charge in [0.2, 0.25) is 0 Å². The third-order valence-corrected chi connectivity index (χ3v) is 4.22. The van der Waals surface area contributed by atoms with Gasteiger partial charge in [0.15, 0.2) is 5.78 Å². The minimum absolute atomic E-state index is 0.0751. The molecular formula is C13H10BrNOS. The van der Waals surface area contributed by atoms with Gasteiger partial charge in [0.05, 0.1) is 0 Å². The molecule has 0 spiro atoms. The first-order valence-corrected chi connectivity index (χ1v) is 6.66. The molecule has 2 aromatic rings. The van der Waals surface area contributed by atoms with Crippen molar-refractivity contribution in [2.24, 2.45) is 0 Å². The summed E-state index contributed by atoms with van der Waals surface area (Å²) >= 11 is 5.12. The highest BCUT2D eigenvalue weighted by Gasteiger charge is 2.06. The Kier molecular flexibility index (Phi) is 3.97. The average Bonchev–Trinajstić information content (AvgIpc) is 2.33. The fourth-order valence-electron chi connectivity index (χ4n) is 1.34. The van der Waals surface area contributed by atoms with E-state index in [1.165, 1.54) is 0 Å². The van der Waals surface area contributed by atoms with Crippen LogP contribution in [0.25, 0.3) is 0 Å². The number of carbonyl (C=O) groups is 1. The van der Waals surface area contributed by atoms with Crippen molar-refractivity contribution in [1.29, 1.82) is 0 Å². The third kappa shape index (κ3) is 3.17. The molecule has 0 bridgehead atoms. The van der Waals surface area contributed by atoms with Crippen molar-refractivity contribution in [2.45, 2.75) is 16.7 Å². The molecular weight excluding hydrogens is 298 g/mol. The van der Waals surface area contributed by atoms with Gasteiger partial charge in [-0.25, -0.2) is 0 Å². The normalized spacial score (nSPS) is 10.2. The Balaban J connectivity index is 2.26. The monoisotopic (exact) mass is 307 g/mol. The molecule has 2 nitrogen and oxygen atoms in total. The summed E-state index contributed by atoms with van der Waals surface area (Å²) in [5.74, 6) is 0.0751. The van der Waals surface area contributed by atoms with Crippen LogP contribution >= 0.6 is 27.7 Å². The maximum Gasteiger partial charge on any atom is 0.159 e. The zero-order valence-corrected chi connectivity index (χ0v) is 11.6. The number of pyridine rings is 1. The number of hydrogen-bond acceptors (Lipinski definition) is 3. The first-order chi connectivity index (χ1) is 8.16. The lowest BCUT2D eigenvalue weighted by Crippen LogP contribution is -1.91. The Morgan fingerprint density at radius 3 is 2.53 bits per heavy atom. The number of ketones is 1. The third-order valence-electron chi connectivity index (χ3n) is 2.22. The van der Waals surface area contributed by atoms with Gasteiger partial charge in [-0.3, -0.25) is 9.78 Å². The molecule has 0 fully saturated rings. The topological polar surface area (TPSA) is 30.0 Å². The molecule has 1 aromatic carbocycles. The SMILES string of the molecule is CC(=O)c1ccc(Sc2ccncc2)c(Br)c1. The van der Waals surface area contributed by atoms with Gasteiger partial charge >= 0.3 is 0 Å². The molecule has 0 atom stereocenters. The van der Waals surface area contributed by atoms with E-state index in [4.69, 9.17) is 0 Å². The molecule has 0 saturated carbocycles. The number of carbonyl (C=O) groups excluding carboxylic acids is 1. The molecule has 86 valence electrons. The maximum atomic E-state index is 11.2. The molecule has 0 saturated heterocycles. The van der Waals surface area contributed by atoms with Crippen LogP contribution in [0.4, 0.5) is 0 Å². The van der Waals surface area contributed by atoms with Crippen LogP contribution in [-0.2, 0) is 0 Å². The summed E-state index contributed by atoms with van der Waals surface area (Å²) in [6.45, 7) is 1.57. The van der Waals surface area contributed by atoms with Crippen LogP contribution in [0.2, 0.25) is 0 Å². The van der Waals surface area contributed by atoms with Gasteiger partial charge in [0.25, 0.3) is 0 Å². The van der Waals surface area contributed by atoms with E-state index in [2.05, 4.69) is 20.9 Å². The zero-order chi connectivity index (χ0) is 12.3. The molecule has 4 heteroatoms. The Labute approximate surface area is 113 Å². The van der Waals surface area contributed by atoms with E-state index in [1.54, 1.807) is 31.1 Å². The van der Waals surface area contributed by atoms with Crippen LogP contribution in [0.1, 0.15) is 17.3 Å². The molecule has 0 aliphatic heterocycles. The van der Waals surface area contributed by atoms with E-state index in [0.717, 1.165) is 19.8 Å². The molecule has 17 heavy (non-hydrogen) atoms. The standard InChI is InChI=1S/C13H10BrNOS/c1-9(16)10-2-3-13(12(14)8-10)17-11-4-6-15-7-5-11/h2-8H,1H3. The number of aromatic nitrogens is 1. The zero-order valence-electron chi connectivity index (χ0n) is 9.18. The Bertz CT molecular complexity index is 542. The Hall–Kier alpha value is -1.13. The predicted octanol–water partition coefficient (Wildman–Crippen LogP) is 4.20. The molecule has 2 rings (SSSR count). The number of Topliss-reactive ketones (excluding diaryl/α,β-unsaturated/α-hetero) is 1. The summed E-state index contributed by atoms with van der Waals surface area (Å²) < 4.78 is 0.937. The minimum Gasteiger partial charge on any atom is -0.295 e. The van der Waals surface area contributed by atoms with Crippen molar-refractivity contribution < 1.29 is 4.79 Å². The lowest BCUT2D eigenvalue weighted by atomic mass is 10.2. The number of halogens is 1. The van der Waals surface area contributed by atoms with Crippen molar-refractivity contribution in [3.63, 3.8) is 0 Å². The second kappa shape index (κ2) is 5.47. The van der Waals surface area contributed by atoms with E-state index >= 15 is 0 Å². The highest BCUT2D eigenvalue weighted by molar-refractivity contribution is 9.10. The van der Waals surface area contributed by atoms with E-state index < -0.39 is 0 Å². The Morgan fingerprint density at radius 2 is 1.94 bits per heavy atom. The molecule has 0 radical (unpaired) electrons. The van der Waals surface area contributed by atoms with E-state index in [1.807, 2.05) is 30.3 Å². The summed E-state index contributed by atoms with van der Waals surface area (Å²) in [6, 6.07) is 9.56. The summed E-state index contributed by atoms with van der Waals surface area (Å²) in [7, 11) is 0. The van der Waals surface area contributed by atoms with Crippen LogP contribution in [-0.4, -0.2) is 10.8 Å². The maximum absolute atomic E-state index is 11.2. The number of nitrogens with zero attached hydrogens (tertiary/aromatic N) is 1. The van der Waals surface area contributed by atoms with Crippen LogP contribution in [0.15, 0.2) is 57.0 Å². The fraction of sp³-hybridized carbons (Fsp3) is 0.0769. The highest BCUT2D eigenvalue weighted by Crippen LogP contribution is 2.33. The number of hydrogen-bond donors (Lipinski definition) is 0. The average molecular weight is 308 g/mol. The first-order valence-electron chi connectivity index (χ1n) is 5.05. The quantitative estimate of drug-likeness (QED) is 0.796. The first kappa shape index (κ1) is 12.3. The summed E-state index contributed by atoms with van der Waals surface area (Å²) in [6.07, 6.45) is 3.53. The minimum atomic E-state index is 0.0751. The van der Waals surface area contributed by atoms with E-state index in [9.17, 15) is 4.79 Å². The summed E-state index contributed by atoms with van der Waals surface area (Å²) in [5, 5.41) is 0. The van der Waals surface area contributed by atoms with Crippen LogP contribution in [0.3, 0.4) is 0 Å². The smallest absolute Gasteiger partial charge is 0.159 e. The van der Waals surface area contributed by atoms with Gasteiger partial charge < -0.3 is 0 Å². The summed E-state index contributed by atoms with van der Waals surface area (Å²) in [4.78, 5) is 17.4. The van der Waals surface area contributed by atoms with E-state index in [0.29, 0.717) is 0 Å². The van der Waals surface area contributed by atoms with Crippen molar-refractivity contribution >= 4 is 33.5 Å². The van der Waals surface area contributed by atoms with Gasteiger partial charge in [-0.05, 0) is 47.1 Å². The van der Waals surface area contributed by atoms with Gasteiger partial charge in [-0.1, -0.05) is 17.8 Å². The summed E-state index contributed by atoms with van der Waals surface area (Å²) in [5.41, 5.74) is 0.718. The van der Waals surface area contributed by atoms with Crippen molar-refractivity contribution in [1.82, 2.24) is 4.98 Å². The predicted molar refractivity (Wildman–Crippen MR) is 72.5 cm³/mol. The second-order valence-corrected chi connectivity index (χ2v) is 5.46. The number of benzene rings is 1. The second-order valence-electron chi connectivity index (χ2n) is 3.49. The van der Waals surface area contributed by atoms with Crippen LogP contribution in [0, 0.1) is 0 Å².